The van der Waals surface area contributed by atoms with E-state index in [1.165, 1.54) is 61.4 Å². The fourth-order valence-electron chi connectivity index (χ4n) is 5.89. The maximum absolute atomic E-state index is 5.95. The van der Waals surface area contributed by atoms with Crippen LogP contribution in [-0.4, -0.2) is 102 Å². The first-order valence-corrected chi connectivity index (χ1v) is 14.9. The minimum absolute atomic E-state index is 0.353. The predicted molar refractivity (Wildman–Crippen MR) is 133 cm³/mol. The lowest BCUT2D eigenvalue weighted by molar-refractivity contribution is -0.564. The van der Waals surface area contributed by atoms with Crippen molar-refractivity contribution in [1.29, 1.82) is 0 Å². The lowest BCUT2D eigenvalue weighted by atomic mass is 9.94. The number of epoxide rings is 2. The normalized spacial score (nSPS) is 38.7. The topological polar surface area (TPSA) is 49.8 Å². The molecule has 2 saturated carbocycles. The second-order valence-corrected chi connectivity index (χ2v) is 12.8. The third-order valence-electron chi connectivity index (χ3n) is 7.86. The second kappa shape index (κ2) is 10.8. The summed E-state index contributed by atoms with van der Waals surface area (Å²) in [6.07, 6.45) is 14.1. The van der Waals surface area contributed by atoms with E-state index in [0.717, 1.165) is 63.2 Å². The molecule has 2 aliphatic carbocycles. The maximum atomic E-state index is 5.95. The van der Waals surface area contributed by atoms with E-state index >= 15 is 0 Å². The number of rotatable bonds is 11. The second-order valence-electron chi connectivity index (χ2n) is 10.3. The van der Waals surface area contributed by atoms with Crippen LogP contribution >= 0.6 is 23.5 Å². The van der Waals surface area contributed by atoms with Crippen LogP contribution in [0.5, 0.6) is 0 Å². The fourth-order valence-corrected chi connectivity index (χ4v) is 9.12. The lowest BCUT2D eigenvalue weighted by Gasteiger charge is -2.32. The van der Waals surface area contributed by atoms with Crippen LogP contribution in [0.1, 0.15) is 51.4 Å². The highest BCUT2D eigenvalue weighted by molar-refractivity contribution is 8.15. The van der Waals surface area contributed by atoms with Crippen LogP contribution in [0.3, 0.4) is 0 Å². The average Bonchev–Trinajstić information content (AvgIpc) is 3.76. The molecule has 0 aromatic heterocycles. The van der Waals surface area contributed by atoms with Crippen molar-refractivity contribution in [2.45, 2.75) is 86.2 Å². The van der Waals surface area contributed by atoms with Gasteiger partial charge in [-0.05, 0) is 37.4 Å². The average molecular weight is 496 g/mol. The van der Waals surface area contributed by atoms with Crippen molar-refractivity contribution in [1.82, 2.24) is 4.90 Å². The van der Waals surface area contributed by atoms with Gasteiger partial charge in [-0.2, -0.15) is 0 Å². The third kappa shape index (κ3) is 5.78. The molecule has 0 aromatic carbocycles. The first-order valence-electron chi connectivity index (χ1n) is 13.2. The zero-order chi connectivity index (χ0) is 22.0. The Hall–Kier alpha value is -0.250. The molecule has 5 fully saturated rings. The van der Waals surface area contributed by atoms with Gasteiger partial charge in [0, 0.05) is 30.3 Å². The van der Waals surface area contributed by atoms with E-state index in [-0.39, 0.29) is 0 Å². The van der Waals surface area contributed by atoms with Gasteiger partial charge in [0.2, 0.25) is 5.04 Å². The SMILES string of the molecule is C(=C1SC2CCCCC2N1CCOCC1CO1)C1=[N+](CCOCC2CO2)C2CCCCC2S1. The Morgan fingerprint density at radius 1 is 0.879 bits per heavy atom. The van der Waals surface area contributed by atoms with Gasteiger partial charge >= 0.3 is 0 Å². The van der Waals surface area contributed by atoms with Crippen LogP contribution in [0.2, 0.25) is 0 Å². The van der Waals surface area contributed by atoms with Gasteiger partial charge in [-0.25, -0.2) is 4.58 Å². The number of ether oxygens (including phenoxy) is 4. The van der Waals surface area contributed by atoms with Crippen molar-refractivity contribution in [2.24, 2.45) is 0 Å². The van der Waals surface area contributed by atoms with Crippen molar-refractivity contribution in [3.8, 4) is 0 Å². The van der Waals surface area contributed by atoms with Crippen molar-refractivity contribution in [3.63, 3.8) is 0 Å². The summed E-state index contributed by atoms with van der Waals surface area (Å²) in [5.74, 6) is 0. The lowest BCUT2D eigenvalue weighted by Crippen LogP contribution is -2.38. The van der Waals surface area contributed by atoms with Gasteiger partial charge in [0.15, 0.2) is 12.6 Å². The summed E-state index contributed by atoms with van der Waals surface area (Å²) in [6.45, 7) is 6.87. The standard InChI is InChI=1S/C25H39N2O4S2/c1-3-7-22-20(5-1)26(9-11-28-14-18-16-30-18)24(32-22)13-25-27(10-12-29-15-19-17-31-19)21-6-2-4-8-23(21)33-25/h13,18-23H,1-12,14-17H2/q+1. The molecular weight excluding hydrogens is 456 g/mol. The highest BCUT2D eigenvalue weighted by atomic mass is 32.2. The summed E-state index contributed by atoms with van der Waals surface area (Å²) in [5.41, 5.74) is 0. The van der Waals surface area contributed by atoms with Gasteiger partial charge in [-0.15, -0.1) is 11.8 Å². The molecular formula is C25H39N2O4S2+. The molecule has 6 rings (SSSR count). The molecule has 0 N–H and O–H groups in total. The number of fused-ring (bicyclic) bond motifs is 2. The number of thioether (sulfide) groups is 2. The van der Waals surface area contributed by atoms with Crippen LogP contribution in [-0.2, 0) is 18.9 Å². The molecule has 0 radical (unpaired) electrons. The quantitative estimate of drug-likeness (QED) is 0.247. The van der Waals surface area contributed by atoms with E-state index < -0.39 is 0 Å². The number of hydrogen-bond acceptors (Lipinski definition) is 7. The molecule has 3 saturated heterocycles. The predicted octanol–water partition coefficient (Wildman–Crippen LogP) is 3.49. The number of nitrogens with zero attached hydrogens (tertiary/aromatic N) is 2. The van der Waals surface area contributed by atoms with Crippen LogP contribution < -0.4 is 0 Å². The third-order valence-corrected chi connectivity index (χ3v) is 10.8. The smallest absolute Gasteiger partial charge is 0.238 e. The summed E-state index contributed by atoms with van der Waals surface area (Å²) >= 11 is 4.28. The molecule has 6 atom stereocenters. The molecule has 33 heavy (non-hydrogen) atoms. The van der Waals surface area contributed by atoms with E-state index in [2.05, 4.69) is 39.1 Å². The van der Waals surface area contributed by atoms with E-state index in [1.807, 2.05) is 0 Å². The zero-order valence-electron chi connectivity index (χ0n) is 19.7. The molecule has 0 bridgehead atoms. The molecule has 4 heterocycles. The molecule has 6 aliphatic rings. The van der Waals surface area contributed by atoms with E-state index in [4.69, 9.17) is 18.9 Å². The van der Waals surface area contributed by atoms with Crippen molar-refractivity contribution in [2.75, 3.05) is 52.7 Å². The minimum atomic E-state index is 0.353. The van der Waals surface area contributed by atoms with E-state index in [9.17, 15) is 0 Å². The Labute approximate surface area is 206 Å². The first-order chi connectivity index (χ1) is 16.3. The summed E-state index contributed by atoms with van der Waals surface area (Å²) in [6, 6.07) is 1.36. The molecule has 6 nitrogen and oxygen atoms in total. The molecule has 8 heteroatoms. The van der Waals surface area contributed by atoms with E-state index in [1.54, 1.807) is 0 Å². The monoisotopic (exact) mass is 495 g/mol. The molecule has 4 aliphatic heterocycles. The van der Waals surface area contributed by atoms with Crippen molar-refractivity contribution < 1.29 is 23.5 Å². The van der Waals surface area contributed by atoms with Crippen LogP contribution in [0.4, 0.5) is 0 Å². The van der Waals surface area contributed by atoms with Crippen LogP contribution in [0.15, 0.2) is 11.1 Å². The molecule has 0 amide bonds. The Bertz CT molecular complexity index is 755. The molecule has 6 unspecified atom stereocenters. The van der Waals surface area contributed by atoms with Crippen molar-refractivity contribution in [3.05, 3.63) is 11.1 Å². The van der Waals surface area contributed by atoms with Crippen LogP contribution in [0, 0.1) is 0 Å². The summed E-state index contributed by atoms with van der Waals surface area (Å²) in [5, 5.41) is 4.47. The Balaban J connectivity index is 1.17. The van der Waals surface area contributed by atoms with Gasteiger partial charge in [-0.3, -0.25) is 0 Å². The largest absolute Gasteiger partial charge is 0.377 e. The molecule has 184 valence electrons. The van der Waals surface area contributed by atoms with E-state index in [0.29, 0.717) is 24.3 Å². The minimum Gasteiger partial charge on any atom is -0.377 e. The number of hydrogen-bond donors (Lipinski definition) is 0. The first kappa shape index (κ1) is 23.2. The van der Waals surface area contributed by atoms with Gasteiger partial charge in [-0.1, -0.05) is 19.3 Å². The van der Waals surface area contributed by atoms with Crippen molar-refractivity contribution >= 4 is 28.6 Å². The Morgan fingerprint density at radius 2 is 1.58 bits per heavy atom. The fraction of sp³-hybridized carbons (Fsp3) is 0.880. The van der Waals surface area contributed by atoms with Gasteiger partial charge in [0.25, 0.3) is 0 Å². The summed E-state index contributed by atoms with van der Waals surface area (Å²) in [4.78, 5) is 2.69. The summed E-state index contributed by atoms with van der Waals surface area (Å²) in [7, 11) is 0. The Morgan fingerprint density at radius 3 is 2.36 bits per heavy atom. The molecule has 0 spiro atoms. The van der Waals surface area contributed by atoms with Crippen LogP contribution in [0.25, 0.3) is 0 Å². The zero-order valence-corrected chi connectivity index (χ0v) is 21.3. The Kier molecular flexibility index (Phi) is 7.57. The summed E-state index contributed by atoms with van der Waals surface area (Å²) < 4.78 is 25.2. The highest BCUT2D eigenvalue weighted by Gasteiger charge is 2.45. The molecule has 0 aromatic rings. The van der Waals surface area contributed by atoms with Gasteiger partial charge in [0.1, 0.15) is 18.8 Å². The maximum Gasteiger partial charge on any atom is 0.238 e. The highest BCUT2D eigenvalue weighted by Crippen LogP contribution is 2.46. The van der Waals surface area contributed by atoms with Gasteiger partial charge < -0.3 is 23.8 Å². The van der Waals surface area contributed by atoms with Gasteiger partial charge in [0.05, 0.1) is 43.3 Å².